The topological polar surface area (TPSA) is 65.1 Å². The highest BCUT2D eigenvalue weighted by molar-refractivity contribution is 6.08. The fraction of sp³-hybridized carbons (Fsp3) is 0.238. The Morgan fingerprint density at radius 2 is 1.59 bits per heavy atom. The van der Waals surface area contributed by atoms with Crippen molar-refractivity contribution in [3.05, 3.63) is 77.9 Å². The largest absolute Gasteiger partial charge is 0.466 e. The van der Waals surface area contributed by atoms with Gasteiger partial charge in [-0.15, -0.1) is 0 Å². The van der Waals surface area contributed by atoms with Gasteiger partial charge in [0.25, 0.3) is 11.7 Å². The van der Waals surface area contributed by atoms with Gasteiger partial charge in [0, 0.05) is 19.8 Å². The van der Waals surface area contributed by atoms with E-state index in [1.807, 2.05) is 36.4 Å². The molecule has 0 spiro atoms. The van der Waals surface area contributed by atoms with Gasteiger partial charge < -0.3 is 14.2 Å². The van der Waals surface area contributed by atoms with Crippen molar-refractivity contribution in [2.75, 3.05) is 26.2 Å². The Kier molecular flexibility index (Phi) is 5.12. The summed E-state index contributed by atoms with van der Waals surface area (Å²) in [5, 5.41) is 0. The van der Waals surface area contributed by atoms with Crippen LogP contribution in [0, 0.1) is 0 Å². The van der Waals surface area contributed by atoms with Crippen molar-refractivity contribution in [1.82, 2.24) is 0 Å². The van der Waals surface area contributed by atoms with Gasteiger partial charge in [0.1, 0.15) is 0 Å². The summed E-state index contributed by atoms with van der Waals surface area (Å²) in [4.78, 5) is 27.2. The molecule has 0 aromatic heterocycles. The zero-order valence-corrected chi connectivity index (χ0v) is 15.5. The summed E-state index contributed by atoms with van der Waals surface area (Å²) in [5.74, 6) is -2.62. The minimum atomic E-state index is -1.58. The van der Waals surface area contributed by atoms with Crippen LogP contribution in [-0.4, -0.2) is 33.2 Å². The maximum Gasteiger partial charge on any atom is 0.335 e. The molecule has 2 aromatic rings. The van der Waals surface area contributed by atoms with Crippen LogP contribution in [0.1, 0.15) is 17.2 Å². The van der Waals surface area contributed by atoms with Crippen LogP contribution in [0.4, 0.5) is 5.69 Å². The van der Waals surface area contributed by atoms with Crippen molar-refractivity contribution in [1.29, 1.82) is 0 Å². The smallest absolute Gasteiger partial charge is 0.335 e. The van der Waals surface area contributed by atoms with E-state index in [-0.39, 0.29) is 5.57 Å². The third-order valence-corrected chi connectivity index (χ3v) is 4.74. The number of carbonyl (C=O) groups excluding carboxylic acids is 2. The molecule has 0 radical (unpaired) electrons. The molecule has 0 saturated heterocycles. The number of hydrogen-bond acceptors (Lipinski definition) is 5. The van der Waals surface area contributed by atoms with Crippen molar-refractivity contribution in [2.45, 2.75) is 11.8 Å². The maximum atomic E-state index is 13.5. The zero-order valence-electron chi connectivity index (χ0n) is 15.5. The number of hydrogen-bond donors (Lipinski definition) is 0. The lowest BCUT2D eigenvalue weighted by Gasteiger charge is -2.31. The van der Waals surface area contributed by atoms with Crippen LogP contribution < -0.4 is 4.90 Å². The summed E-state index contributed by atoms with van der Waals surface area (Å²) < 4.78 is 15.9. The quantitative estimate of drug-likeness (QED) is 0.446. The number of para-hydroxylation sites is 1. The molecule has 1 heterocycles. The van der Waals surface area contributed by atoms with E-state index in [1.54, 1.807) is 18.2 Å². The van der Waals surface area contributed by atoms with Gasteiger partial charge in [-0.3, -0.25) is 9.69 Å². The van der Waals surface area contributed by atoms with E-state index in [0.29, 0.717) is 11.3 Å². The van der Waals surface area contributed by atoms with Crippen LogP contribution in [0.3, 0.4) is 0 Å². The van der Waals surface area contributed by atoms with E-state index < -0.39 is 23.7 Å². The lowest BCUT2D eigenvalue weighted by atomic mass is 9.97. The molecule has 6 nitrogen and oxygen atoms in total. The molecule has 1 amide bonds. The Morgan fingerprint density at radius 1 is 1.00 bits per heavy atom. The first-order chi connectivity index (χ1) is 13.0. The second-order valence-electron chi connectivity index (χ2n) is 6.05. The molecular formula is C21H21NO5. The van der Waals surface area contributed by atoms with E-state index in [1.165, 1.54) is 26.2 Å². The molecule has 1 aliphatic rings. The number of carbonyl (C=O) groups is 2. The number of esters is 1. The van der Waals surface area contributed by atoms with Crippen molar-refractivity contribution in [3.8, 4) is 0 Å². The second kappa shape index (κ2) is 7.34. The van der Waals surface area contributed by atoms with Gasteiger partial charge in [0.05, 0.1) is 24.4 Å². The second-order valence-corrected chi connectivity index (χ2v) is 6.05. The van der Waals surface area contributed by atoms with Crippen molar-refractivity contribution >= 4 is 17.6 Å². The summed E-state index contributed by atoms with van der Waals surface area (Å²) in [6, 6.07) is 15.6. The number of ether oxygens (including phenoxy) is 3. The molecule has 140 valence electrons. The highest BCUT2D eigenvalue weighted by Crippen LogP contribution is 2.48. The van der Waals surface area contributed by atoms with Crippen LogP contribution in [0.25, 0.3) is 0 Å². The molecule has 27 heavy (non-hydrogen) atoms. The van der Waals surface area contributed by atoms with Crippen molar-refractivity contribution in [2.24, 2.45) is 0 Å². The lowest BCUT2D eigenvalue weighted by molar-refractivity contribution is -0.209. The first-order valence-electron chi connectivity index (χ1n) is 8.37. The summed E-state index contributed by atoms with van der Waals surface area (Å²) >= 11 is 0. The van der Waals surface area contributed by atoms with Gasteiger partial charge in [-0.2, -0.15) is 0 Å². The number of fused-ring (bicyclic) bond motifs is 1. The van der Waals surface area contributed by atoms with E-state index in [4.69, 9.17) is 14.2 Å². The lowest BCUT2D eigenvalue weighted by Crippen LogP contribution is -2.45. The Labute approximate surface area is 158 Å². The first kappa shape index (κ1) is 18.8. The molecule has 0 unspecified atom stereocenters. The number of amides is 1. The van der Waals surface area contributed by atoms with E-state index in [2.05, 4.69) is 6.58 Å². The monoisotopic (exact) mass is 367 g/mol. The van der Waals surface area contributed by atoms with Gasteiger partial charge in [0.2, 0.25) is 0 Å². The predicted molar refractivity (Wildman–Crippen MR) is 100.0 cm³/mol. The van der Waals surface area contributed by atoms with E-state index in [0.717, 1.165) is 5.56 Å². The molecular weight excluding hydrogens is 346 g/mol. The van der Waals surface area contributed by atoms with Gasteiger partial charge in [-0.1, -0.05) is 55.1 Å². The fourth-order valence-corrected chi connectivity index (χ4v) is 3.46. The van der Waals surface area contributed by atoms with Gasteiger partial charge in [0.15, 0.2) is 0 Å². The predicted octanol–water partition coefficient (Wildman–Crippen LogP) is 2.95. The molecule has 0 saturated carbocycles. The Bertz CT molecular complexity index is 873. The first-order valence-corrected chi connectivity index (χ1v) is 8.37. The highest BCUT2D eigenvalue weighted by atomic mass is 16.7. The summed E-state index contributed by atoms with van der Waals surface area (Å²) in [6.45, 7) is 3.90. The molecule has 0 aliphatic carbocycles. The summed E-state index contributed by atoms with van der Waals surface area (Å²) in [7, 11) is 4.10. The molecule has 2 aromatic carbocycles. The van der Waals surface area contributed by atoms with Gasteiger partial charge in [-0.05, 0) is 11.6 Å². The van der Waals surface area contributed by atoms with Crippen LogP contribution in [0.5, 0.6) is 0 Å². The van der Waals surface area contributed by atoms with Crippen molar-refractivity contribution < 1.29 is 23.8 Å². The SMILES string of the molecule is C=C(C(=O)OC)[C@H](c1ccccc1)N1C(=O)C(OC)(OC)c2ccccc21. The highest BCUT2D eigenvalue weighted by Gasteiger charge is 2.55. The standard InChI is InChI=1S/C21H21NO5/c1-14(19(23)25-2)18(15-10-6-5-7-11-15)22-17-13-9-8-12-16(17)21(26-3,27-4)20(22)24/h5-13,18H,1H2,2-4H3/t18-/m1/s1. The third-order valence-electron chi connectivity index (χ3n) is 4.74. The molecule has 3 rings (SSSR count). The number of anilines is 1. The minimum absolute atomic E-state index is 0.134. The molecule has 0 N–H and O–H groups in total. The average molecular weight is 367 g/mol. The maximum absolute atomic E-state index is 13.5. The average Bonchev–Trinajstić information content (AvgIpc) is 2.97. The third kappa shape index (κ3) is 2.83. The van der Waals surface area contributed by atoms with E-state index in [9.17, 15) is 9.59 Å². The molecule has 1 atom stereocenters. The number of methoxy groups -OCH3 is 3. The Morgan fingerprint density at radius 3 is 2.19 bits per heavy atom. The number of benzene rings is 2. The van der Waals surface area contributed by atoms with Crippen LogP contribution in [-0.2, 0) is 29.6 Å². The van der Waals surface area contributed by atoms with Gasteiger partial charge >= 0.3 is 5.97 Å². The number of rotatable bonds is 6. The van der Waals surface area contributed by atoms with Gasteiger partial charge in [-0.25, -0.2) is 4.79 Å². The Hall–Kier alpha value is -2.96. The summed E-state index contributed by atoms with van der Waals surface area (Å²) in [5.41, 5.74) is 2.01. The fourth-order valence-electron chi connectivity index (χ4n) is 3.46. The molecule has 0 fully saturated rings. The minimum Gasteiger partial charge on any atom is -0.466 e. The van der Waals surface area contributed by atoms with Crippen LogP contribution in [0.2, 0.25) is 0 Å². The van der Waals surface area contributed by atoms with E-state index >= 15 is 0 Å². The molecule has 6 heteroatoms. The summed E-state index contributed by atoms with van der Waals surface area (Å²) in [6.07, 6.45) is 0. The molecule has 1 aliphatic heterocycles. The normalized spacial score (nSPS) is 16.0. The Balaban J connectivity index is 2.22. The zero-order chi connectivity index (χ0) is 19.6. The molecule has 0 bridgehead atoms. The number of nitrogens with zero attached hydrogens (tertiary/aromatic N) is 1. The van der Waals surface area contributed by atoms with Crippen LogP contribution >= 0.6 is 0 Å². The van der Waals surface area contributed by atoms with Crippen molar-refractivity contribution in [3.63, 3.8) is 0 Å². The van der Waals surface area contributed by atoms with Crippen LogP contribution in [0.15, 0.2) is 66.7 Å².